The lowest BCUT2D eigenvalue weighted by atomic mass is 9.89. The molecule has 0 saturated carbocycles. The van der Waals surface area contributed by atoms with Crippen molar-refractivity contribution in [2.75, 3.05) is 12.9 Å². The first-order valence-corrected chi connectivity index (χ1v) is 9.44. The Bertz CT molecular complexity index is 684. The molecular weight excluding hydrogens is 316 g/mol. The lowest BCUT2D eigenvalue weighted by molar-refractivity contribution is -0.140. The van der Waals surface area contributed by atoms with Gasteiger partial charge in [-0.1, -0.05) is 6.92 Å². The number of fused-ring (bicyclic) bond motifs is 3. The number of ether oxygens (including phenoxy) is 1. The monoisotopic (exact) mass is 336 g/mol. The molecule has 0 bridgehead atoms. The predicted octanol–water partition coefficient (Wildman–Crippen LogP) is 3.86. The molecule has 2 heterocycles. The van der Waals surface area contributed by atoms with E-state index in [9.17, 15) is 4.79 Å². The van der Waals surface area contributed by atoms with Gasteiger partial charge in [0.25, 0.3) is 0 Å². The molecule has 0 amide bonds. The van der Waals surface area contributed by atoms with E-state index in [1.54, 1.807) is 18.1 Å². The number of aromatic nitrogens is 2. The van der Waals surface area contributed by atoms with Crippen molar-refractivity contribution in [1.29, 1.82) is 0 Å². The molecular formula is C16H20N2O2S2. The second-order valence-corrected chi connectivity index (χ2v) is 7.91. The van der Waals surface area contributed by atoms with E-state index >= 15 is 0 Å². The van der Waals surface area contributed by atoms with Crippen LogP contribution in [0.15, 0.2) is 11.4 Å². The van der Waals surface area contributed by atoms with Gasteiger partial charge in [-0.15, -0.1) is 23.1 Å². The molecule has 0 aromatic carbocycles. The number of thiophene rings is 1. The Morgan fingerprint density at radius 2 is 2.36 bits per heavy atom. The Morgan fingerprint density at radius 1 is 1.50 bits per heavy atom. The van der Waals surface area contributed by atoms with Crippen molar-refractivity contribution >= 4 is 39.3 Å². The molecule has 6 heteroatoms. The average Bonchev–Trinajstić information content (AvgIpc) is 2.89. The van der Waals surface area contributed by atoms with E-state index in [0.29, 0.717) is 6.42 Å². The number of hydrogen-bond donors (Lipinski definition) is 0. The number of thioether (sulfide) groups is 1. The molecule has 2 aromatic heterocycles. The van der Waals surface area contributed by atoms with Gasteiger partial charge in [-0.05, 0) is 37.2 Å². The van der Waals surface area contributed by atoms with Gasteiger partial charge in [0.2, 0.25) is 0 Å². The third-order valence-electron chi connectivity index (χ3n) is 4.05. The molecule has 0 aliphatic heterocycles. The third-order valence-corrected chi connectivity index (χ3v) is 6.29. The van der Waals surface area contributed by atoms with Crippen molar-refractivity contribution in [2.45, 2.75) is 44.1 Å². The van der Waals surface area contributed by atoms with Crippen LogP contribution in [0.4, 0.5) is 0 Å². The number of aryl methyl sites for hydroxylation is 1. The van der Waals surface area contributed by atoms with Crippen LogP contribution in [0.3, 0.4) is 0 Å². The van der Waals surface area contributed by atoms with Crippen LogP contribution >= 0.6 is 23.1 Å². The van der Waals surface area contributed by atoms with Gasteiger partial charge < -0.3 is 4.74 Å². The van der Waals surface area contributed by atoms with Gasteiger partial charge >= 0.3 is 5.97 Å². The Hall–Kier alpha value is -1.14. The number of rotatable bonds is 5. The molecule has 2 aromatic rings. The number of hydrogen-bond acceptors (Lipinski definition) is 6. The van der Waals surface area contributed by atoms with E-state index < -0.39 is 0 Å². The normalized spacial score (nSPS) is 17.5. The van der Waals surface area contributed by atoms with Gasteiger partial charge in [0, 0.05) is 22.4 Å². The summed E-state index contributed by atoms with van der Waals surface area (Å²) in [5, 5.41) is 2.33. The van der Waals surface area contributed by atoms with E-state index in [1.807, 2.05) is 11.3 Å². The first kappa shape index (κ1) is 15.7. The predicted molar refractivity (Wildman–Crippen MR) is 90.6 cm³/mol. The topological polar surface area (TPSA) is 52.1 Å². The Morgan fingerprint density at radius 3 is 3.18 bits per heavy atom. The first-order valence-electron chi connectivity index (χ1n) is 7.64. The smallest absolute Gasteiger partial charge is 0.305 e. The second-order valence-electron chi connectivity index (χ2n) is 5.74. The summed E-state index contributed by atoms with van der Waals surface area (Å²) in [4.78, 5) is 22.7. The lowest BCUT2D eigenvalue weighted by Gasteiger charge is -2.18. The number of carbonyl (C=O) groups is 1. The van der Waals surface area contributed by atoms with Crippen molar-refractivity contribution in [3.05, 3.63) is 16.8 Å². The molecule has 1 atom stereocenters. The highest BCUT2D eigenvalue weighted by Crippen LogP contribution is 2.40. The number of carbonyl (C=O) groups excluding carboxylic acids is 1. The van der Waals surface area contributed by atoms with Crippen molar-refractivity contribution in [3.63, 3.8) is 0 Å². The summed E-state index contributed by atoms with van der Waals surface area (Å²) in [5.74, 6) is 1.50. The van der Waals surface area contributed by atoms with Crippen molar-refractivity contribution in [3.8, 4) is 0 Å². The maximum Gasteiger partial charge on any atom is 0.305 e. The average molecular weight is 336 g/mol. The maximum atomic E-state index is 11.2. The summed E-state index contributed by atoms with van der Waals surface area (Å²) in [5.41, 5.74) is 1.47. The minimum absolute atomic E-state index is 0.143. The van der Waals surface area contributed by atoms with Crippen LogP contribution in [0, 0.1) is 5.92 Å². The zero-order valence-electron chi connectivity index (χ0n) is 12.9. The Kier molecular flexibility index (Phi) is 4.98. The first-order chi connectivity index (χ1) is 10.7. The molecule has 0 saturated heterocycles. The van der Waals surface area contributed by atoms with E-state index in [0.717, 1.165) is 34.4 Å². The zero-order valence-corrected chi connectivity index (χ0v) is 14.6. The summed E-state index contributed by atoms with van der Waals surface area (Å²) in [7, 11) is 1.43. The second kappa shape index (κ2) is 6.96. The minimum atomic E-state index is -0.143. The van der Waals surface area contributed by atoms with Crippen LogP contribution in [0.1, 0.15) is 36.6 Å². The number of methoxy groups -OCH3 is 1. The summed E-state index contributed by atoms with van der Waals surface area (Å²) in [6.45, 7) is 2.32. The molecule has 4 nitrogen and oxygen atoms in total. The molecule has 0 fully saturated rings. The van der Waals surface area contributed by atoms with E-state index in [-0.39, 0.29) is 5.97 Å². The fourth-order valence-electron chi connectivity index (χ4n) is 2.84. The Labute approximate surface area is 138 Å². The fraction of sp³-hybridized carbons (Fsp3) is 0.562. The SMILES string of the molecule is COC(=O)CCCSc1ncnc2sc3c(c12)CCC(C)C3. The third kappa shape index (κ3) is 3.27. The molecule has 1 unspecified atom stereocenters. The van der Waals surface area contributed by atoms with Crippen LogP contribution in [-0.2, 0) is 22.4 Å². The van der Waals surface area contributed by atoms with Gasteiger partial charge in [-0.3, -0.25) is 4.79 Å². The van der Waals surface area contributed by atoms with Gasteiger partial charge in [0.1, 0.15) is 16.2 Å². The highest BCUT2D eigenvalue weighted by Gasteiger charge is 2.23. The highest BCUT2D eigenvalue weighted by atomic mass is 32.2. The summed E-state index contributed by atoms with van der Waals surface area (Å²) in [6, 6.07) is 0. The largest absolute Gasteiger partial charge is 0.469 e. The fourth-order valence-corrected chi connectivity index (χ4v) is 5.23. The van der Waals surface area contributed by atoms with E-state index in [1.165, 1.54) is 35.8 Å². The molecule has 1 aliphatic carbocycles. The van der Waals surface area contributed by atoms with Gasteiger partial charge in [-0.2, -0.15) is 0 Å². The molecule has 0 N–H and O–H groups in total. The molecule has 118 valence electrons. The van der Waals surface area contributed by atoms with Crippen LogP contribution in [-0.4, -0.2) is 28.8 Å². The molecule has 3 rings (SSSR count). The quantitative estimate of drug-likeness (QED) is 0.359. The Balaban J connectivity index is 1.77. The summed E-state index contributed by atoms with van der Waals surface area (Å²) < 4.78 is 4.67. The number of esters is 1. The van der Waals surface area contributed by atoms with Gasteiger partial charge in [0.15, 0.2) is 0 Å². The van der Waals surface area contributed by atoms with Crippen LogP contribution in [0.25, 0.3) is 10.2 Å². The summed E-state index contributed by atoms with van der Waals surface area (Å²) >= 11 is 3.56. The molecule has 22 heavy (non-hydrogen) atoms. The van der Waals surface area contributed by atoms with Crippen molar-refractivity contribution in [2.24, 2.45) is 5.92 Å². The van der Waals surface area contributed by atoms with Crippen molar-refractivity contribution in [1.82, 2.24) is 9.97 Å². The lowest BCUT2D eigenvalue weighted by Crippen LogP contribution is -2.08. The number of nitrogens with zero attached hydrogens (tertiary/aromatic N) is 2. The van der Waals surface area contributed by atoms with Crippen molar-refractivity contribution < 1.29 is 9.53 Å². The molecule has 0 radical (unpaired) electrons. The van der Waals surface area contributed by atoms with Crippen LogP contribution in [0.5, 0.6) is 0 Å². The minimum Gasteiger partial charge on any atom is -0.469 e. The molecule has 1 aliphatic rings. The standard InChI is InChI=1S/C16H20N2O2S2/c1-10-5-6-11-12(8-10)22-16-14(11)15(17-9-18-16)21-7-3-4-13(19)20-2/h9-10H,3-8H2,1-2H3. The molecule has 0 spiro atoms. The highest BCUT2D eigenvalue weighted by molar-refractivity contribution is 7.99. The summed E-state index contributed by atoms with van der Waals surface area (Å²) in [6.07, 6.45) is 6.50. The van der Waals surface area contributed by atoms with Crippen LogP contribution < -0.4 is 0 Å². The van der Waals surface area contributed by atoms with E-state index in [4.69, 9.17) is 0 Å². The van der Waals surface area contributed by atoms with Gasteiger partial charge in [-0.25, -0.2) is 9.97 Å². The zero-order chi connectivity index (χ0) is 15.5. The van der Waals surface area contributed by atoms with Crippen LogP contribution in [0.2, 0.25) is 0 Å². The van der Waals surface area contributed by atoms with Gasteiger partial charge in [0.05, 0.1) is 7.11 Å². The maximum absolute atomic E-state index is 11.2. The van der Waals surface area contributed by atoms with E-state index in [2.05, 4.69) is 21.6 Å².